The van der Waals surface area contributed by atoms with Gasteiger partial charge in [-0.15, -0.1) is 0 Å². The van der Waals surface area contributed by atoms with E-state index in [1.807, 2.05) is 0 Å². The lowest BCUT2D eigenvalue weighted by molar-refractivity contribution is -0.150. The number of unbranched alkanes of at least 4 members (excludes halogenated alkanes) is 16. The number of ether oxygens (including phenoxy) is 1. The summed E-state index contributed by atoms with van der Waals surface area (Å²) in [6.45, 7) is 4.48. The molecule has 0 aliphatic carbocycles. The molecule has 0 bridgehead atoms. The van der Waals surface area contributed by atoms with Gasteiger partial charge in [0.05, 0.1) is 0 Å². The van der Waals surface area contributed by atoms with Crippen molar-refractivity contribution in [3.8, 4) is 0 Å². The first-order chi connectivity index (χ1) is 21.6. The van der Waals surface area contributed by atoms with Crippen molar-refractivity contribution in [2.75, 3.05) is 0 Å². The zero-order chi connectivity index (χ0) is 32.2. The molecule has 0 aliphatic rings. The number of rotatable bonds is 33. The fourth-order valence-corrected chi connectivity index (χ4v) is 5.25. The second kappa shape index (κ2) is 35.4. The van der Waals surface area contributed by atoms with Crippen molar-refractivity contribution in [3.63, 3.8) is 0 Å². The predicted molar refractivity (Wildman–Crippen MR) is 190 cm³/mol. The Morgan fingerprint density at radius 3 is 1.43 bits per heavy atom. The highest BCUT2D eigenvalue weighted by Crippen LogP contribution is 2.17. The average molecular weight is 615 g/mol. The lowest BCUT2D eigenvalue weighted by Gasteiger charge is -2.18. The first-order valence-electron chi connectivity index (χ1n) is 18.6. The quantitative estimate of drug-likeness (QED) is 0.0454. The molecule has 0 radical (unpaired) electrons. The summed E-state index contributed by atoms with van der Waals surface area (Å²) in [6.07, 6.45) is 46.9. The molecule has 0 saturated heterocycles. The van der Waals surface area contributed by atoms with Crippen LogP contribution in [0.3, 0.4) is 0 Å². The molecular formula is C40H70O4. The van der Waals surface area contributed by atoms with Crippen molar-refractivity contribution < 1.29 is 19.4 Å². The van der Waals surface area contributed by atoms with Crippen molar-refractivity contribution in [2.45, 2.75) is 193 Å². The molecule has 0 spiro atoms. The molecule has 0 amide bonds. The third-order valence-corrected chi connectivity index (χ3v) is 8.02. The number of aliphatic carboxylic acids is 1. The van der Waals surface area contributed by atoms with Crippen LogP contribution in [-0.2, 0) is 14.3 Å². The molecule has 1 N–H and O–H groups in total. The van der Waals surface area contributed by atoms with E-state index in [0.29, 0.717) is 6.42 Å². The van der Waals surface area contributed by atoms with E-state index in [0.717, 1.165) is 89.9 Å². The van der Waals surface area contributed by atoms with Gasteiger partial charge in [0.25, 0.3) is 0 Å². The van der Waals surface area contributed by atoms with Gasteiger partial charge in [0.2, 0.25) is 0 Å². The Bertz CT molecular complexity index is 748. The Morgan fingerprint density at radius 1 is 0.500 bits per heavy atom. The van der Waals surface area contributed by atoms with Crippen LogP contribution in [0.1, 0.15) is 187 Å². The number of carbonyl (C=O) groups excluding carboxylic acids is 1. The number of carboxylic acids is 1. The van der Waals surface area contributed by atoms with Gasteiger partial charge >= 0.3 is 11.9 Å². The van der Waals surface area contributed by atoms with Crippen LogP contribution in [0.15, 0.2) is 48.6 Å². The fourth-order valence-electron chi connectivity index (χ4n) is 5.25. The van der Waals surface area contributed by atoms with Crippen molar-refractivity contribution in [1.82, 2.24) is 0 Å². The minimum Gasteiger partial charge on any atom is -0.481 e. The SMILES string of the molecule is CCCCC/C=C\C/C=C\CCCCCCCC(=O)OC(CCC/C=C\C/C=C\CCCCC)CCCCCCCC(=O)O. The van der Waals surface area contributed by atoms with Gasteiger partial charge in [-0.2, -0.15) is 0 Å². The Morgan fingerprint density at radius 2 is 0.909 bits per heavy atom. The number of esters is 1. The van der Waals surface area contributed by atoms with Crippen molar-refractivity contribution >= 4 is 11.9 Å². The number of allylic oxidation sites excluding steroid dienone is 8. The van der Waals surface area contributed by atoms with Crippen LogP contribution >= 0.6 is 0 Å². The van der Waals surface area contributed by atoms with Crippen LogP contribution in [0, 0.1) is 0 Å². The molecule has 0 aliphatic heterocycles. The molecule has 254 valence electrons. The van der Waals surface area contributed by atoms with Crippen LogP contribution < -0.4 is 0 Å². The van der Waals surface area contributed by atoms with Gasteiger partial charge in [-0.3, -0.25) is 9.59 Å². The lowest BCUT2D eigenvalue weighted by atomic mass is 10.0. The zero-order valence-electron chi connectivity index (χ0n) is 29.0. The molecule has 0 saturated carbocycles. The van der Waals surface area contributed by atoms with Gasteiger partial charge in [-0.05, 0) is 96.3 Å². The monoisotopic (exact) mass is 615 g/mol. The number of hydrogen-bond acceptors (Lipinski definition) is 3. The van der Waals surface area contributed by atoms with E-state index in [2.05, 4.69) is 62.5 Å². The molecule has 0 aromatic heterocycles. The third-order valence-electron chi connectivity index (χ3n) is 8.02. The summed E-state index contributed by atoms with van der Waals surface area (Å²) in [5, 5.41) is 8.80. The van der Waals surface area contributed by atoms with Gasteiger partial charge < -0.3 is 9.84 Å². The molecule has 0 aromatic carbocycles. The first kappa shape index (κ1) is 41.9. The van der Waals surface area contributed by atoms with Crippen molar-refractivity contribution in [1.29, 1.82) is 0 Å². The lowest BCUT2D eigenvalue weighted by Crippen LogP contribution is -2.18. The van der Waals surface area contributed by atoms with Crippen molar-refractivity contribution in [2.24, 2.45) is 0 Å². The molecule has 44 heavy (non-hydrogen) atoms. The topological polar surface area (TPSA) is 63.6 Å². The number of carbonyl (C=O) groups is 2. The Hall–Kier alpha value is -2.10. The molecule has 1 atom stereocenters. The highest BCUT2D eigenvalue weighted by atomic mass is 16.5. The summed E-state index contributed by atoms with van der Waals surface area (Å²) < 4.78 is 5.95. The fraction of sp³-hybridized carbons (Fsp3) is 0.750. The number of carboxylic acid groups (broad SMARTS) is 1. The molecule has 0 heterocycles. The van der Waals surface area contributed by atoms with Crippen LogP contribution in [-0.4, -0.2) is 23.1 Å². The summed E-state index contributed by atoms with van der Waals surface area (Å²) in [5.74, 6) is -0.746. The largest absolute Gasteiger partial charge is 0.481 e. The third kappa shape index (κ3) is 34.4. The van der Waals surface area contributed by atoms with E-state index in [4.69, 9.17) is 9.84 Å². The van der Waals surface area contributed by atoms with Crippen LogP contribution in [0.4, 0.5) is 0 Å². The summed E-state index contributed by atoms with van der Waals surface area (Å²) in [7, 11) is 0. The first-order valence-corrected chi connectivity index (χ1v) is 18.6. The highest BCUT2D eigenvalue weighted by molar-refractivity contribution is 5.69. The summed E-state index contributed by atoms with van der Waals surface area (Å²) >= 11 is 0. The predicted octanol–water partition coefficient (Wildman–Crippen LogP) is 12.8. The minimum absolute atomic E-state index is 0.00588. The second-order valence-electron chi connectivity index (χ2n) is 12.4. The molecule has 0 rings (SSSR count). The highest BCUT2D eigenvalue weighted by Gasteiger charge is 2.14. The van der Waals surface area contributed by atoms with Crippen LogP contribution in [0.2, 0.25) is 0 Å². The van der Waals surface area contributed by atoms with Gasteiger partial charge in [-0.25, -0.2) is 0 Å². The Labute approximate surface area is 272 Å². The zero-order valence-corrected chi connectivity index (χ0v) is 29.0. The maximum atomic E-state index is 12.6. The van der Waals surface area contributed by atoms with Crippen LogP contribution in [0.5, 0.6) is 0 Å². The van der Waals surface area contributed by atoms with E-state index >= 15 is 0 Å². The number of hydrogen-bond donors (Lipinski definition) is 1. The molecular weight excluding hydrogens is 544 g/mol. The maximum absolute atomic E-state index is 12.6. The molecule has 0 aromatic rings. The standard InChI is InChI=1S/C40H70O4/c1-3-5-7-9-11-13-15-16-17-18-20-22-24-29-33-37-40(43)44-38(35-31-27-25-28-32-36-39(41)42)34-30-26-23-21-19-14-12-10-8-6-4-2/h11-14,16-17,21,23,38H,3-10,15,18-20,22,24-37H2,1-2H3,(H,41,42)/b13-11-,14-12-,17-16-,23-21-. The Balaban J connectivity index is 4.15. The van der Waals surface area contributed by atoms with E-state index in [1.165, 1.54) is 70.6 Å². The van der Waals surface area contributed by atoms with E-state index in [9.17, 15) is 9.59 Å². The van der Waals surface area contributed by atoms with Gasteiger partial charge in [-0.1, -0.05) is 127 Å². The average Bonchev–Trinajstić information content (AvgIpc) is 3.00. The second-order valence-corrected chi connectivity index (χ2v) is 12.4. The van der Waals surface area contributed by atoms with Gasteiger partial charge in [0.15, 0.2) is 0 Å². The van der Waals surface area contributed by atoms with Gasteiger partial charge in [0, 0.05) is 12.8 Å². The molecule has 4 nitrogen and oxygen atoms in total. The van der Waals surface area contributed by atoms with E-state index < -0.39 is 5.97 Å². The minimum atomic E-state index is -0.710. The maximum Gasteiger partial charge on any atom is 0.306 e. The smallest absolute Gasteiger partial charge is 0.306 e. The summed E-state index contributed by atoms with van der Waals surface area (Å²) in [5.41, 5.74) is 0. The normalized spacial score (nSPS) is 12.8. The molecule has 0 fully saturated rings. The Kier molecular flexibility index (Phi) is 33.7. The van der Waals surface area contributed by atoms with E-state index in [-0.39, 0.29) is 18.5 Å². The van der Waals surface area contributed by atoms with Gasteiger partial charge in [0.1, 0.15) is 6.10 Å². The molecule has 1 unspecified atom stereocenters. The summed E-state index contributed by atoms with van der Waals surface area (Å²) in [6, 6.07) is 0. The van der Waals surface area contributed by atoms with E-state index in [1.54, 1.807) is 0 Å². The molecule has 4 heteroatoms. The van der Waals surface area contributed by atoms with Crippen molar-refractivity contribution in [3.05, 3.63) is 48.6 Å². The summed E-state index contributed by atoms with van der Waals surface area (Å²) in [4.78, 5) is 23.3. The van der Waals surface area contributed by atoms with Crippen LogP contribution in [0.25, 0.3) is 0 Å².